The minimum absolute atomic E-state index is 0.0188. The van der Waals surface area contributed by atoms with Gasteiger partial charge in [0, 0.05) is 23.3 Å². The fraction of sp³-hybridized carbons (Fsp3) is 0. The molecule has 0 spiro atoms. The number of carbonyl (C=O) groups excluding carboxylic acids is 2. The molecule has 0 saturated carbocycles. The van der Waals surface area contributed by atoms with Crippen LogP contribution in [0.15, 0.2) is 84.9 Å². The fourth-order valence-electron chi connectivity index (χ4n) is 3.41. The van der Waals surface area contributed by atoms with Gasteiger partial charge in [-0.25, -0.2) is 9.59 Å². The summed E-state index contributed by atoms with van der Waals surface area (Å²) in [5.41, 5.74) is 0.425. The van der Waals surface area contributed by atoms with Crippen molar-refractivity contribution in [3.05, 3.63) is 107 Å². The van der Waals surface area contributed by atoms with Crippen LogP contribution < -0.4 is 15.4 Å². The van der Waals surface area contributed by atoms with Gasteiger partial charge in [0.15, 0.2) is 0 Å². The molecule has 0 fully saturated rings. The van der Waals surface area contributed by atoms with Crippen molar-refractivity contribution in [2.45, 2.75) is 0 Å². The second-order valence-corrected chi connectivity index (χ2v) is 8.13. The van der Waals surface area contributed by atoms with Crippen LogP contribution in [0.2, 0.25) is 0 Å². The molecule has 0 unspecified atom stereocenters. The summed E-state index contributed by atoms with van der Waals surface area (Å²) in [6, 6.07) is 18.6. The average molecular weight is 528 g/mol. The highest BCUT2D eigenvalue weighted by molar-refractivity contribution is 6.06. The first kappa shape index (κ1) is 26.2. The van der Waals surface area contributed by atoms with E-state index in [2.05, 4.69) is 10.6 Å². The number of aromatic hydroxyl groups is 2. The third kappa shape index (κ3) is 6.30. The number of phenols is 2. The molecule has 0 aliphatic carbocycles. The second kappa shape index (κ2) is 11.0. The van der Waals surface area contributed by atoms with Gasteiger partial charge in [0.1, 0.15) is 23.0 Å². The molecule has 0 aromatic heterocycles. The summed E-state index contributed by atoms with van der Waals surface area (Å²) < 4.78 is 5.77. The van der Waals surface area contributed by atoms with E-state index in [9.17, 15) is 29.4 Å². The second-order valence-electron chi connectivity index (χ2n) is 8.13. The van der Waals surface area contributed by atoms with Gasteiger partial charge in [-0.1, -0.05) is 0 Å². The molecule has 39 heavy (non-hydrogen) atoms. The largest absolute Gasteiger partial charge is 0.506 e. The summed E-state index contributed by atoms with van der Waals surface area (Å²) in [6.07, 6.45) is 0. The maximum Gasteiger partial charge on any atom is 0.335 e. The molecule has 196 valence electrons. The number of amides is 2. The third-order valence-electron chi connectivity index (χ3n) is 5.46. The molecule has 4 rings (SSSR count). The van der Waals surface area contributed by atoms with Crippen LogP contribution in [-0.4, -0.2) is 44.2 Å². The molecule has 0 atom stereocenters. The molecule has 0 heterocycles. The lowest BCUT2D eigenvalue weighted by molar-refractivity contribution is 0.0686. The molecule has 0 saturated heterocycles. The van der Waals surface area contributed by atoms with E-state index < -0.39 is 23.8 Å². The van der Waals surface area contributed by atoms with Gasteiger partial charge in [0.25, 0.3) is 11.8 Å². The number of rotatable bonds is 8. The molecule has 0 radical (unpaired) electrons. The number of hydrogen-bond donors (Lipinski definition) is 6. The van der Waals surface area contributed by atoms with E-state index in [0.717, 1.165) is 0 Å². The van der Waals surface area contributed by atoms with Crippen molar-refractivity contribution in [1.29, 1.82) is 0 Å². The Morgan fingerprint density at radius 3 is 1.18 bits per heavy atom. The highest BCUT2D eigenvalue weighted by atomic mass is 16.5. The molecule has 6 N–H and O–H groups in total. The smallest absolute Gasteiger partial charge is 0.335 e. The summed E-state index contributed by atoms with van der Waals surface area (Å²) in [6.45, 7) is 0. The van der Waals surface area contributed by atoms with Crippen molar-refractivity contribution in [2.24, 2.45) is 0 Å². The highest BCUT2D eigenvalue weighted by Gasteiger charge is 2.14. The first-order valence-electron chi connectivity index (χ1n) is 11.2. The van der Waals surface area contributed by atoms with Crippen molar-refractivity contribution in [3.8, 4) is 23.0 Å². The van der Waals surface area contributed by atoms with Crippen molar-refractivity contribution in [2.75, 3.05) is 10.6 Å². The van der Waals surface area contributed by atoms with Crippen LogP contribution in [0.5, 0.6) is 23.0 Å². The number of nitrogens with one attached hydrogen (secondary N) is 2. The Hall–Kier alpha value is -5.84. The van der Waals surface area contributed by atoms with Gasteiger partial charge in [0.2, 0.25) is 0 Å². The number of carboxylic acids is 2. The summed E-state index contributed by atoms with van der Waals surface area (Å²) in [7, 11) is 0. The lowest BCUT2D eigenvalue weighted by Gasteiger charge is -2.13. The van der Waals surface area contributed by atoms with Crippen LogP contribution in [0.4, 0.5) is 11.4 Å². The average Bonchev–Trinajstić information content (AvgIpc) is 2.92. The summed E-state index contributed by atoms with van der Waals surface area (Å²) in [5.74, 6) is -3.52. The lowest BCUT2D eigenvalue weighted by atomic mass is 10.1. The highest BCUT2D eigenvalue weighted by Crippen LogP contribution is 2.34. The SMILES string of the molecule is O=C(O)c1ccc(C(=O)Nc2cc(Oc3ccc(O)c(NC(=O)c4ccc(C(=O)O)cc4)c3)ccc2O)cc1. The van der Waals surface area contributed by atoms with E-state index in [-0.39, 0.29) is 56.6 Å². The molecular weight excluding hydrogens is 508 g/mol. The fourth-order valence-corrected chi connectivity index (χ4v) is 3.41. The zero-order chi connectivity index (χ0) is 28.1. The van der Waals surface area contributed by atoms with Gasteiger partial charge in [-0.05, 0) is 72.8 Å². The quantitative estimate of drug-likeness (QED) is 0.175. The van der Waals surface area contributed by atoms with Gasteiger partial charge in [0.05, 0.1) is 22.5 Å². The zero-order valence-corrected chi connectivity index (χ0v) is 19.9. The van der Waals surface area contributed by atoms with E-state index in [1.807, 2.05) is 0 Å². The Balaban J connectivity index is 1.48. The number of ether oxygens (including phenoxy) is 1. The van der Waals surface area contributed by atoms with Gasteiger partial charge in [-0.15, -0.1) is 0 Å². The monoisotopic (exact) mass is 528 g/mol. The first-order valence-corrected chi connectivity index (χ1v) is 11.2. The minimum Gasteiger partial charge on any atom is -0.506 e. The van der Waals surface area contributed by atoms with Crippen molar-refractivity contribution < 1.29 is 44.3 Å². The number of carbonyl (C=O) groups is 4. The topological polar surface area (TPSA) is 182 Å². The summed E-state index contributed by atoms with van der Waals surface area (Å²) in [5, 5.41) is 43.4. The Kier molecular flexibility index (Phi) is 7.43. The van der Waals surface area contributed by atoms with Crippen LogP contribution in [0, 0.1) is 0 Å². The van der Waals surface area contributed by atoms with E-state index >= 15 is 0 Å². The van der Waals surface area contributed by atoms with E-state index in [1.54, 1.807) is 0 Å². The number of carboxylic acid groups (broad SMARTS) is 2. The van der Waals surface area contributed by atoms with Crippen molar-refractivity contribution in [1.82, 2.24) is 0 Å². The predicted molar refractivity (Wildman–Crippen MR) is 139 cm³/mol. The van der Waals surface area contributed by atoms with Gasteiger partial charge in [-0.3, -0.25) is 9.59 Å². The Labute approximate surface area is 220 Å². The van der Waals surface area contributed by atoms with Crippen LogP contribution in [0.1, 0.15) is 41.4 Å². The molecule has 0 aliphatic heterocycles. The van der Waals surface area contributed by atoms with Crippen molar-refractivity contribution >= 4 is 35.1 Å². The molecule has 0 bridgehead atoms. The van der Waals surface area contributed by atoms with E-state index in [4.69, 9.17) is 14.9 Å². The lowest BCUT2D eigenvalue weighted by Crippen LogP contribution is -2.12. The van der Waals surface area contributed by atoms with Crippen LogP contribution in [0.25, 0.3) is 0 Å². The summed E-state index contributed by atoms with van der Waals surface area (Å²) in [4.78, 5) is 47.1. The molecule has 4 aromatic carbocycles. The van der Waals surface area contributed by atoms with Gasteiger partial charge >= 0.3 is 11.9 Å². The number of benzene rings is 4. The minimum atomic E-state index is -1.13. The normalized spacial score (nSPS) is 10.4. The van der Waals surface area contributed by atoms with Crippen LogP contribution in [-0.2, 0) is 0 Å². The van der Waals surface area contributed by atoms with Gasteiger partial charge < -0.3 is 35.8 Å². The molecule has 11 heteroatoms. The van der Waals surface area contributed by atoms with E-state index in [0.29, 0.717) is 0 Å². The van der Waals surface area contributed by atoms with Gasteiger partial charge in [-0.2, -0.15) is 0 Å². The molecular formula is C28H20N2O9. The molecule has 4 aromatic rings. The predicted octanol–water partition coefficient (Wildman–Crippen LogP) is 4.79. The Morgan fingerprint density at radius 1 is 0.513 bits per heavy atom. The zero-order valence-electron chi connectivity index (χ0n) is 19.9. The maximum atomic E-state index is 12.6. The molecule has 2 amide bonds. The Morgan fingerprint density at radius 2 is 0.846 bits per heavy atom. The Bertz CT molecular complexity index is 1460. The van der Waals surface area contributed by atoms with Crippen LogP contribution in [0.3, 0.4) is 0 Å². The standard InChI is InChI=1S/C28H20N2O9/c31-23-11-9-19(13-21(23)29-25(33)15-1-5-17(6-2-15)27(35)36)39-20-10-12-24(32)22(14-20)30-26(34)16-3-7-18(8-4-16)28(37)38/h1-14,31-32H,(H,29,33)(H,30,34)(H,35,36)(H,37,38). The van der Waals surface area contributed by atoms with Crippen LogP contribution >= 0.6 is 0 Å². The number of hydrogen-bond acceptors (Lipinski definition) is 7. The molecule has 11 nitrogen and oxygen atoms in total. The third-order valence-corrected chi connectivity index (χ3v) is 5.46. The van der Waals surface area contributed by atoms with Crippen molar-refractivity contribution in [3.63, 3.8) is 0 Å². The maximum absolute atomic E-state index is 12.6. The number of phenolic OH excluding ortho intramolecular Hbond substituents is 2. The summed E-state index contributed by atoms with van der Waals surface area (Å²) >= 11 is 0. The first-order chi connectivity index (χ1) is 18.6. The number of anilines is 2. The van der Waals surface area contributed by atoms with E-state index in [1.165, 1.54) is 84.9 Å². The molecule has 0 aliphatic rings. The number of aromatic carboxylic acids is 2.